The first-order valence-corrected chi connectivity index (χ1v) is 7.64. The number of hydrogen-bond acceptors (Lipinski definition) is 4. The second kappa shape index (κ2) is 7.01. The molecule has 116 valence electrons. The van der Waals surface area contributed by atoms with Crippen LogP contribution in [0.5, 0.6) is 0 Å². The molecule has 1 atom stereocenters. The van der Waals surface area contributed by atoms with Crippen LogP contribution in [0.4, 0.5) is 0 Å². The molecule has 0 radical (unpaired) electrons. The molecule has 4 heteroatoms. The summed E-state index contributed by atoms with van der Waals surface area (Å²) in [6, 6.07) is 13.7. The molecule has 1 N–H and O–H groups in total. The molecule has 1 aliphatic rings. The number of ketones is 1. The Labute approximate surface area is 129 Å². The van der Waals surface area contributed by atoms with Crippen molar-refractivity contribution in [3.05, 3.63) is 48.0 Å². The van der Waals surface area contributed by atoms with Crippen molar-refractivity contribution in [1.29, 1.82) is 0 Å². The van der Waals surface area contributed by atoms with Gasteiger partial charge in [-0.1, -0.05) is 36.4 Å². The zero-order valence-electron chi connectivity index (χ0n) is 12.4. The van der Waals surface area contributed by atoms with E-state index in [2.05, 4.69) is 0 Å². The van der Waals surface area contributed by atoms with Crippen LogP contribution in [0, 0.1) is 0 Å². The number of benzene rings is 2. The van der Waals surface area contributed by atoms with E-state index in [1.165, 1.54) is 0 Å². The molecule has 22 heavy (non-hydrogen) atoms. The molecule has 1 fully saturated rings. The third kappa shape index (κ3) is 3.71. The molecule has 0 spiro atoms. The van der Waals surface area contributed by atoms with Crippen molar-refractivity contribution in [2.24, 2.45) is 0 Å². The van der Waals surface area contributed by atoms with Gasteiger partial charge >= 0.3 is 0 Å². The smallest absolute Gasteiger partial charge is 0.164 e. The van der Waals surface area contributed by atoms with Gasteiger partial charge in [-0.15, -0.1) is 0 Å². The van der Waals surface area contributed by atoms with Gasteiger partial charge in [-0.25, -0.2) is 0 Å². The average molecular weight is 300 g/mol. The number of aliphatic hydroxyl groups is 1. The fraction of sp³-hybridized carbons (Fsp3) is 0.389. The minimum Gasteiger partial charge on any atom is -0.388 e. The lowest BCUT2D eigenvalue weighted by Crippen LogP contribution is -2.27. The number of carbonyl (C=O) groups excluding carboxylic acids is 1. The van der Waals surface area contributed by atoms with E-state index in [0.29, 0.717) is 13.2 Å². The minimum atomic E-state index is -0.791. The van der Waals surface area contributed by atoms with Crippen molar-refractivity contribution in [1.82, 2.24) is 0 Å². The molecule has 2 aromatic carbocycles. The van der Waals surface area contributed by atoms with Crippen LogP contribution in [0.1, 0.15) is 30.9 Å². The highest BCUT2D eigenvalue weighted by molar-refractivity contribution is 5.83. The number of carbonyl (C=O) groups is 1. The molecule has 0 aromatic heterocycles. The van der Waals surface area contributed by atoms with Crippen molar-refractivity contribution >= 4 is 16.6 Å². The molecule has 0 aliphatic carbocycles. The topological polar surface area (TPSA) is 55.8 Å². The number of Topliss-reactive ketones (excluding diaryl/α,β-unsaturated/α-hetero) is 1. The molecule has 1 saturated heterocycles. The zero-order chi connectivity index (χ0) is 15.4. The highest BCUT2D eigenvalue weighted by Gasteiger charge is 2.20. The van der Waals surface area contributed by atoms with Gasteiger partial charge in [0.1, 0.15) is 5.78 Å². The first-order valence-electron chi connectivity index (χ1n) is 7.64. The highest BCUT2D eigenvalue weighted by Crippen LogP contribution is 2.23. The maximum atomic E-state index is 12.0. The van der Waals surface area contributed by atoms with Crippen LogP contribution in [0.25, 0.3) is 10.8 Å². The summed E-state index contributed by atoms with van der Waals surface area (Å²) in [5.74, 6) is -0.0486. The molecule has 0 amide bonds. The van der Waals surface area contributed by atoms with Gasteiger partial charge < -0.3 is 14.6 Å². The first kappa shape index (κ1) is 15.2. The lowest BCUT2D eigenvalue weighted by molar-refractivity contribution is -0.183. The first-order chi connectivity index (χ1) is 10.7. The summed E-state index contributed by atoms with van der Waals surface area (Å²) in [7, 11) is 0. The molecule has 2 aromatic rings. The molecule has 0 unspecified atom stereocenters. The van der Waals surface area contributed by atoms with Gasteiger partial charge in [-0.3, -0.25) is 4.79 Å². The second-order valence-electron chi connectivity index (χ2n) is 5.59. The highest BCUT2D eigenvalue weighted by atomic mass is 16.7. The Morgan fingerprint density at radius 3 is 2.64 bits per heavy atom. The lowest BCUT2D eigenvalue weighted by Gasteiger charge is -2.23. The van der Waals surface area contributed by atoms with E-state index in [4.69, 9.17) is 9.47 Å². The number of aliphatic hydroxyl groups excluding tert-OH is 1. The number of hydrogen-bond donors (Lipinski definition) is 1. The van der Waals surface area contributed by atoms with E-state index in [1.54, 1.807) is 0 Å². The van der Waals surface area contributed by atoms with Gasteiger partial charge in [-0.05, 0) is 28.8 Å². The summed E-state index contributed by atoms with van der Waals surface area (Å²) >= 11 is 0. The Bertz CT molecular complexity index is 646. The minimum absolute atomic E-state index is 0.0486. The Morgan fingerprint density at radius 1 is 1.14 bits per heavy atom. The van der Waals surface area contributed by atoms with Crippen LogP contribution in [-0.4, -0.2) is 30.4 Å². The maximum Gasteiger partial charge on any atom is 0.164 e. The third-order valence-corrected chi connectivity index (χ3v) is 3.87. The lowest BCUT2D eigenvalue weighted by atomic mass is 9.99. The fourth-order valence-corrected chi connectivity index (χ4v) is 2.67. The van der Waals surface area contributed by atoms with Crippen molar-refractivity contribution < 1.29 is 19.4 Å². The van der Waals surface area contributed by atoms with Crippen LogP contribution >= 0.6 is 0 Å². The summed E-state index contributed by atoms with van der Waals surface area (Å²) in [5.41, 5.74) is 0.762. The van der Waals surface area contributed by atoms with E-state index in [0.717, 1.165) is 22.8 Å². The molecular formula is C18H20O4. The van der Waals surface area contributed by atoms with Gasteiger partial charge in [0.2, 0.25) is 0 Å². The Morgan fingerprint density at radius 2 is 1.86 bits per heavy atom. The Kier molecular flexibility index (Phi) is 4.83. The van der Waals surface area contributed by atoms with E-state index in [9.17, 15) is 9.90 Å². The van der Waals surface area contributed by atoms with Crippen LogP contribution < -0.4 is 0 Å². The van der Waals surface area contributed by atoms with Crippen molar-refractivity contribution in [2.75, 3.05) is 13.2 Å². The standard InChI is InChI=1S/C18H20O4/c19-16(12-18-21-8-3-9-22-18)11-17(20)15-7-6-13-4-1-2-5-14(13)10-15/h1-2,4-7,10,17-18,20H,3,8-9,11-12H2/t17-/m0/s1. The van der Waals surface area contributed by atoms with Crippen LogP contribution in [-0.2, 0) is 14.3 Å². The van der Waals surface area contributed by atoms with E-state index in [-0.39, 0.29) is 18.6 Å². The fourth-order valence-electron chi connectivity index (χ4n) is 2.67. The van der Waals surface area contributed by atoms with Gasteiger partial charge in [0.25, 0.3) is 0 Å². The van der Waals surface area contributed by atoms with Crippen molar-refractivity contribution in [3.8, 4) is 0 Å². The summed E-state index contributed by atoms with van der Waals surface area (Å²) in [6.07, 6.45) is -0.0953. The summed E-state index contributed by atoms with van der Waals surface area (Å²) in [5, 5.41) is 12.5. The normalized spacial score (nSPS) is 17.5. The molecule has 0 saturated carbocycles. The second-order valence-corrected chi connectivity index (χ2v) is 5.59. The van der Waals surface area contributed by atoms with Crippen molar-refractivity contribution in [2.45, 2.75) is 31.7 Å². The summed E-state index contributed by atoms with van der Waals surface area (Å²) in [4.78, 5) is 12.0. The Hall–Kier alpha value is -1.75. The SMILES string of the molecule is O=C(CC1OCCCO1)C[C@H](O)c1ccc2ccccc2c1. The molecule has 1 heterocycles. The van der Waals surface area contributed by atoms with Gasteiger partial charge in [0.15, 0.2) is 6.29 Å². The molecule has 4 nitrogen and oxygen atoms in total. The van der Waals surface area contributed by atoms with Crippen LogP contribution in [0.2, 0.25) is 0 Å². The zero-order valence-corrected chi connectivity index (χ0v) is 12.4. The van der Waals surface area contributed by atoms with E-state index in [1.807, 2.05) is 42.5 Å². The van der Waals surface area contributed by atoms with Gasteiger partial charge in [0, 0.05) is 6.42 Å². The number of rotatable bonds is 5. The quantitative estimate of drug-likeness (QED) is 0.922. The van der Waals surface area contributed by atoms with Crippen molar-refractivity contribution in [3.63, 3.8) is 0 Å². The largest absolute Gasteiger partial charge is 0.388 e. The third-order valence-electron chi connectivity index (χ3n) is 3.87. The predicted molar refractivity (Wildman–Crippen MR) is 83.5 cm³/mol. The summed E-state index contributed by atoms with van der Waals surface area (Å²) in [6.45, 7) is 1.26. The Balaban J connectivity index is 1.62. The van der Waals surface area contributed by atoms with E-state index >= 15 is 0 Å². The van der Waals surface area contributed by atoms with Crippen LogP contribution in [0.3, 0.4) is 0 Å². The summed E-state index contributed by atoms with van der Waals surface area (Å²) < 4.78 is 10.7. The van der Waals surface area contributed by atoms with Gasteiger partial charge in [-0.2, -0.15) is 0 Å². The number of fused-ring (bicyclic) bond motifs is 1. The number of ether oxygens (including phenoxy) is 2. The molecular weight excluding hydrogens is 280 g/mol. The maximum absolute atomic E-state index is 12.0. The average Bonchev–Trinajstić information content (AvgIpc) is 2.55. The molecule has 3 rings (SSSR count). The molecule has 1 aliphatic heterocycles. The monoisotopic (exact) mass is 300 g/mol. The van der Waals surface area contributed by atoms with Gasteiger partial charge in [0.05, 0.1) is 25.7 Å². The van der Waals surface area contributed by atoms with E-state index < -0.39 is 12.4 Å². The molecule has 0 bridgehead atoms. The predicted octanol–water partition coefficient (Wildman–Crippen LogP) is 2.99. The van der Waals surface area contributed by atoms with Crippen LogP contribution in [0.15, 0.2) is 42.5 Å².